The molecular weight excluding hydrogens is 491 g/mol. The van der Waals surface area contributed by atoms with E-state index in [9.17, 15) is 22.8 Å². The summed E-state index contributed by atoms with van der Waals surface area (Å²) in [7, 11) is 0. The van der Waals surface area contributed by atoms with Crippen molar-refractivity contribution in [2.45, 2.75) is 84.7 Å². The maximum absolute atomic E-state index is 14.2. The molecule has 3 rings (SSSR count). The molecule has 0 aromatic heterocycles. The number of amides is 1. The number of thioether (sulfide) groups is 1. The van der Waals surface area contributed by atoms with Crippen molar-refractivity contribution in [3.05, 3.63) is 57.8 Å². The van der Waals surface area contributed by atoms with E-state index < -0.39 is 35.6 Å². The van der Waals surface area contributed by atoms with Gasteiger partial charge in [0.1, 0.15) is 0 Å². The Labute approximate surface area is 214 Å². The maximum atomic E-state index is 14.2. The van der Waals surface area contributed by atoms with Crippen LogP contribution in [0.3, 0.4) is 0 Å². The van der Waals surface area contributed by atoms with E-state index in [-0.39, 0.29) is 29.5 Å². The van der Waals surface area contributed by atoms with Crippen LogP contribution in [0, 0.1) is 0 Å². The van der Waals surface area contributed by atoms with E-state index >= 15 is 0 Å². The van der Waals surface area contributed by atoms with Gasteiger partial charge in [0.2, 0.25) is 5.91 Å². The molecule has 0 unspecified atom stereocenters. The van der Waals surface area contributed by atoms with Gasteiger partial charge in [-0.3, -0.25) is 4.79 Å². The van der Waals surface area contributed by atoms with Crippen molar-refractivity contribution < 1.29 is 27.5 Å². The van der Waals surface area contributed by atoms with E-state index in [4.69, 9.17) is 4.74 Å². The molecule has 1 aromatic rings. The first-order valence-corrected chi connectivity index (χ1v) is 12.9. The molecule has 0 saturated heterocycles. The van der Waals surface area contributed by atoms with Gasteiger partial charge < -0.3 is 15.0 Å². The number of halogens is 3. The zero-order chi connectivity index (χ0) is 26.8. The van der Waals surface area contributed by atoms with Gasteiger partial charge in [-0.05, 0) is 49.6 Å². The summed E-state index contributed by atoms with van der Waals surface area (Å²) in [5.74, 6) is -1.13. The van der Waals surface area contributed by atoms with Crippen LogP contribution in [0.1, 0.15) is 77.5 Å². The van der Waals surface area contributed by atoms with Crippen molar-refractivity contribution in [3.8, 4) is 0 Å². The van der Waals surface area contributed by atoms with Crippen LogP contribution < -0.4 is 5.32 Å². The van der Waals surface area contributed by atoms with Crippen LogP contribution in [0.25, 0.3) is 0 Å². The monoisotopic (exact) mass is 523 g/mol. The van der Waals surface area contributed by atoms with Gasteiger partial charge in [0.05, 0.1) is 24.1 Å². The summed E-state index contributed by atoms with van der Waals surface area (Å²) in [6.45, 7) is 11.0. The van der Waals surface area contributed by atoms with Crippen molar-refractivity contribution in [2.24, 2.45) is 4.99 Å². The highest BCUT2D eigenvalue weighted by molar-refractivity contribution is 8.16. The smallest absolute Gasteiger partial charge is 0.434 e. The maximum Gasteiger partial charge on any atom is 0.434 e. The highest BCUT2D eigenvalue weighted by atomic mass is 32.2. The number of benzene rings is 1. The van der Waals surface area contributed by atoms with E-state index in [0.717, 1.165) is 23.7 Å². The number of alkyl halides is 3. The fraction of sp³-hybridized carbons (Fsp3) is 0.500. The molecule has 196 valence electrons. The van der Waals surface area contributed by atoms with Crippen LogP contribution in [-0.2, 0) is 14.3 Å². The predicted molar refractivity (Wildman–Crippen MR) is 135 cm³/mol. The molecule has 10 heteroatoms. The fourth-order valence-electron chi connectivity index (χ4n) is 3.93. The zero-order valence-electron chi connectivity index (χ0n) is 21.3. The molecule has 2 aliphatic heterocycles. The third-order valence-electron chi connectivity index (χ3n) is 5.92. The molecule has 36 heavy (non-hydrogen) atoms. The number of amidine groups is 1. The minimum absolute atomic E-state index is 0.0469. The van der Waals surface area contributed by atoms with Gasteiger partial charge in [0.15, 0.2) is 10.9 Å². The highest BCUT2D eigenvalue weighted by Crippen LogP contribution is 2.48. The number of fused-ring (bicyclic) bond motifs is 1. The first kappa shape index (κ1) is 27.8. The lowest BCUT2D eigenvalue weighted by molar-refractivity contribution is -0.144. The average Bonchev–Trinajstić information content (AvgIpc) is 3.19. The number of carbonyl (C=O) groups excluding carboxylic acids is 2. The fourth-order valence-corrected chi connectivity index (χ4v) is 4.85. The number of ether oxygens (including phenoxy) is 1. The molecule has 0 spiro atoms. The number of carbonyl (C=O) groups is 2. The molecule has 0 aliphatic carbocycles. The van der Waals surface area contributed by atoms with Crippen LogP contribution in [0.5, 0.6) is 0 Å². The number of hydrogen-bond donors (Lipinski definition) is 1. The summed E-state index contributed by atoms with van der Waals surface area (Å²) < 4.78 is 47.9. The Balaban J connectivity index is 2.14. The zero-order valence-corrected chi connectivity index (χ0v) is 22.1. The SMILES string of the molecule is CC[C@@H](C)NC(=O)CC1=CSC2=NC(C(F)(F)F)=C(C(=O)OC(C)C)[C@@H](c3ccc(C(C)C)cc3)N12. The number of esters is 1. The second kappa shape index (κ2) is 11.1. The summed E-state index contributed by atoms with van der Waals surface area (Å²) in [4.78, 5) is 31.2. The Kier molecular flexibility index (Phi) is 8.59. The van der Waals surface area contributed by atoms with Crippen LogP contribution in [0.15, 0.2) is 51.6 Å². The summed E-state index contributed by atoms with van der Waals surface area (Å²) >= 11 is 1.00. The summed E-state index contributed by atoms with van der Waals surface area (Å²) in [6, 6.07) is 5.92. The van der Waals surface area contributed by atoms with Crippen LogP contribution in [0.4, 0.5) is 13.2 Å². The normalized spacial score (nSPS) is 18.8. The van der Waals surface area contributed by atoms with Gasteiger partial charge in [0.25, 0.3) is 0 Å². The Hall–Kier alpha value is -2.75. The largest absolute Gasteiger partial charge is 0.459 e. The Morgan fingerprint density at radius 2 is 1.78 bits per heavy atom. The summed E-state index contributed by atoms with van der Waals surface area (Å²) in [5.41, 5.74) is 0.0827. The van der Waals surface area contributed by atoms with E-state index in [1.54, 1.807) is 36.3 Å². The van der Waals surface area contributed by atoms with Crippen molar-refractivity contribution in [3.63, 3.8) is 0 Å². The van der Waals surface area contributed by atoms with Crippen molar-refractivity contribution in [1.82, 2.24) is 10.2 Å². The van der Waals surface area contributed by atoms with E-state index in [2.05, 4.69) is 10.3 Å². The highest BCUT2D eigenvalue weighted by Gasteiger charge is 2.49. The molecule has 0 saturated carbocycles. The molecule has 1 aromatic carbocycles. The lowest BCUT2D eigenvalue weighted by Crippen LogP contribution is -2.41. The van der Waals surface area contributed by atoms with Crippen molar-refractivity contribution in [2.75, 3.05) is 0 Å². The van der Waals surface area contributed by atoms with Gasteiger partial charge in [-0.2, -0.15) is 13.2 Å². The second-order valence-corrected chi connectivity index (χ2v) is 10.3. The molecular formula is C26H32F3N3O3S. The average molecular weight is 524 g/mol. The van der Waals surface area contributed by atoms with Gasteiger partial charge in [0, 0.05) is 11.7 Å². The van der Waals surface area contributed by atoms with Gasteiger partial charge in [-0.1, -0.05) is 56.8 Å². The Morgan fingerprint density at radius 3 is 2.31 bits per heavy atom. The van der Waals surface area contributed by atoms with E-state index in [1.165, 1.54) is 0 Å². The van der Waals surface area contributed by atoms with Gasteiger partial charge in [-0.15, -0.1) is 0 Å². The summed E-state index contributed by atoms with van der Waals surface area (Å²) in [6.07, 6.45) is -4.83. The number of allylic oxidation sites excluding steroid dienone is 1. The molecule has 6 nitrogen and oxygen atoms in total. The number of aliphatic imine (C=N–C) groups is 1. The minimum atomic E-state index is -4.88. The first-order chi connectivity index (χ1) is 16.8. The second-order valence-electron chi connectivity index (χ2n) is 9.48. The van der Waals surface area contributed by atoms with Crippen molar-refractivity contribution in [1.29, 1.82) is 0 Å². The molecule has 2 aliphatic rings. The molecule has 0 radical (unpaired) electrons. The third-order valence-corrected chi connectivity index (χ3v) is 6.81. The topological polar surface area (TPSA) is 71.0 Å². The molecule has 1 N–H and O–H groups in total. The van der Waals surface area contributed by atoms with Crippen molar-refractivity contribution >= 4 is 28.8 Å². The summed E-state index contributed by atoms with van der Waals surface area (Å²) in [5, 5.41) is 4.56. The van der Waals surface area contributed by atoms with E-state index in [1.807, 2.05) is 39.8 Å². The number of hydrogen-bond acceptors (Lipinski definition) is 6. The van der Waals surface area contributed by atoms with E-state index in [0.29, 0.717) is 11.3 Å². The first-order valence-electron chi connectivity index (χ1n) is 12.0. The Bertz CT molecular complexity index is 1090. The van der Waals surface area contributed by atoms with Gasteiger partial charge >= 0.3 is 12.1 Å². The predicted octanol–water partition coefficient (Wildman–Crippen LogP) is 6.18. The molecule has 2 heterocycles. The van der Waals surface area contributed by atoms with Crippen LogP contribution in [0.2, 0.25) is 0 Å². The lowest BCUT2D eigenvalue weighted by atomic mass is 9.91. The quantitative estimate of drug-likeness (QED) is 0.412. The molecule has 1 amide bonds. The van der Waals surface area contributed by atoms with Crippen LogP contribution >= 0.6 is 11.8 Å². The molecule has 0 fully saturated rings. The lowest BCUT2D eigenvalue weighted by Gasteiger charge is -2.37. The minimum Gasteiger partial charge on any atom is -0.459 e. The number of nitrogens with zero attached hydrogens (tertiary/aromatic N) is 2. The van der Waals surface area contributed by atoms with Crippen LogP contribution in [-0.4, -0.2) is 40.3 Å². The number of nitrogens with one attached hydrogen (secondary N) is 1. The Morgan fingerprint density at radius 1 is 1.14 bits per heavy atom. The molecule has 2 atom stereocenters. The third kappa shape index (κ3) is 6.14. The molecule has 0 bridgehead atoms. The number of rotatable bonds is 8. The van der Waals surface area contributed by atoms with Gasteiger partial charge in [-0.25, -0.2) is 9.79 Å². The standard InChI is InChI=1S/C26H32F3N3O3S/c1-7-16(6)30-20(33)12-19-13-36-25-31-23(26(27,28)29)21(24(34)35-15(4)5)22(32(19)25)18-10-8-17(9-11-18)14(2)3/h8-11,13-16,22H,7,12H2,1-6H3,(H,30,33)/t16-,22-/m1/s1.